The molecular formula is C10H8ClF2NO. The zero-order valence-electron chi connectivity index (χ0n) is 7.55. The first-order valence-electron chi connectivity index (χ1n) is 4.33. The van der Waals surface area contributed by atoms with Crippen LogP contribution in [0.15, 0.2) is 24.4 Å². The number of benzene rings is 1. The lowest BCUT2D eigenvalue weighted by atomic mass is 10.1. The van der Waals surface area contributed by atoms with Crippen LogP contribution < -0.4 is 0 Å². The number of nitrogens with one attached hydrogen (secondary N) is 1. The fourth-order valence-corrected chi connectivity index (χ4v) is 1.82. The van der Waals surface area contributed by atoms with E-state index in [-0.39, 0.29) is 5.56 Å². The van der Waals surface area contributed by atoms with Crippen LogP contribution in [0.4, 0.5) is 8.78 Å². The van der Waals surface area contributed by atoms with Gasteiger partial charge in [-0.25, -0.2) is 8.78 Å². The summed E-state index contributed by atoms with van der Waals surface area (Å²) in [4.78, 5) is 2.79. The summed E-state index contributed by atoms with van der Waals surface area (Å²) in [6.45, 7) is 0. The van der Waals surface area contributed by atoms with Crippen LogP contribution >= 0.6 is 11.6 Å². The van der Waals surface area contributed by atoms with E-state index in [9.17, 15) is 13.9 Å². The van der Waals surface area contributed by atoms with Crippen molar-refractivity contribution in [3.63, 3.8) is 0 Å². The van der Waals surface area contributed by atoms with Gasteiger partial charge in [0.2, 0.25) is 0 Å². The Morgan fingerprint density at radius 1 is 1.33 bits per heavy atom. The van der Waals surface area contributed by atoms with E-state index in [4.69, 9.17) is 11.6 Å². The number of hydrogen-bond acceptors (Lipinski definition) is 1. The maximum Gasteiger partial charge on any atom is 0.268 e. The standard InChI is InChI=1S/C10H8ClF2NO/c11-6-2-1-3-7-8(6)5(4-14-7)9(15)10(12)13/h1-4,9-10,14-15H. The van der Waals surface area contributed by atoms with Crippen LogP contribution in [-0.2, 0) is 0 Å². The molecule has 0 bridgehead atoms. The maximum atomic E-state index is 12.3. The number of aromatic nitrogens is 1. The van der Waals surface area contributed by atoms with Crippen LogP contribution in [0.5, 0.6) is 0 Å². The molecule has 1 atom stereocenters. The third kappa shape index (κ3) is 1.70. The van der Waals surface area contributed by atoms with Gasteiger partial charge in [0.05, 0.1) is 5.02 Å². The topological polar surface area (TPSA) is 36.0 Å². The summed E-state index contributed by atoms with van der Waals surface area (Å²) in [6, 6.07) is 5.02. The van der Waals surface area contributed by atoms with E-state index in [0.717, 1.165) is 0 Å². The molecule has 5 heteroatoms. The number of halogens is 3. The Morgan fingerprint density at radius 2 is 2.07 bits per heavy atom. The predicted octanol–water partition coefficient (Wildman–Crippen LogP) is 3.12. The second-order valence-corrected chi connectivity index (χ2v) is 3.59. The van der Waals surface area contributed by atoms with Crippen LogP contribution in [0, 0.1) is 0 Å². The third-order valence-corrected chi connectivity index (χ3v) is 2.56. The zero-order chi connectivity index (χ0) is 11.0. The van der Waals surface area contributed by atoms with Crippen molar-refractivity contribution in [1.82, 2.24) is 4.98 Å². The lowest BCUT2D eigenvalue weighted by molar-refractivity contribution is -0.00494. The van der Waals surface area contributed by atoms with Crippen molar-refractivity contribution < 1.29 is 13.9 Å². The molecule has 1 heterocycles. The van der Waals surface area contributed by atoms with Gasteiger partial charge in [-0.15, -0.1) is 0 Å². The average molecular weight is 232 g/mol. The number of aromatic amines is 1. The highest BCUT2D eigenvalue weighted by Gasteiger charge is 2.23. The van der Waals surface area contributed by atoms with E-state index >= 15 is 0 Å². The van der Waals surface area contributed by atoms with Crippen LogP contribution in [0.3, 0.4) is 0 Å². The van der Waals surface area contributed by atoms with Gasteiger partial charge in [0.15, 0.2) is 0 Å². The Labute approximate surface area is 89.5 Å². The maximum absolute atomic E-state index is 12.3. The number of hydrogen-bond donors (Lipinski definition) is 2. The van der Waals surface area contributed by atoms with Gasteiger partial charge < -0.3 is 10.1 Å². The number of alkyl halides is 2. The molecule has 15 heavy (non-hydrogen) atoms. The van der Waals surface area contributed by atoms with Crippen molar-refractivity contribution in [1.29, 1.82) is 0 Å². The molecule has 0 radical (unpaired) electrons. The highest BCUT2D eigenvalue weighted by molar-refractivity contribution is 6.35. The molecule has 0 saturated carbocycles. The van der Waals surface area contributed by atoms with Crippen LogP contribution in [0.2, 0.25) is 5.02 Å². The molecule has 2 nitrogen and oxygen atoms in total. The lowest BCUT2D eigenvalue weighted by Crippen LogP contribution is -2.07. The summed E-state index contributed by atoms with van der Waals surface area (Å²) < 4.78 is 24.7. The molecule has 2 rings (SSSR count). The second kappa shape index (κ2) is 3.79. The molecule has 0 amide bonds. The first-order valence-corrected chi connectivity index (χ1v) is 4.70. The largest absolute Gasteiger partial charge is 0.382 e. The summed E-state index contributed by atoms with van der Waals surface area (Å²) in [5.41, 5.74) is 0.766. The number of aliphatic hydroxyl groups is 1. The summed E-state index contributed by atoms with van der Waals surface area (Å²) in [5.74, 6) is 0. The normalized spacial score (nSPS) is 13.7. The highest BCUT2D eigenvalue weighted by atomic mass is 35.5. The Balaban J connectivity index is 2.62. The predicted molar refractivity (Wildman–Crippen MR) is 54.3 cm³/mol. The SMILES string of the molecule is OC(c1c[nH]c2cccc(Cl)c12)C(F)F. The molecule has 1 unspecified atom stereocenters. The Hall–Kier alpha value is -1.13. The van der Waals surface area contributed by atoms with Crippen molar-refractivity contribution in [2.75, 3.05) is 0 Å². The minimum Gasteiger partial charge on any atom is -0.382 e. The third-order valence-electron chi connectivity index (χ3n) is 2.24. The van der Waals surface area contributed by atoms with Gasteiger partial charge in [-0.05, 0) is 12.1 Å². The van der Waals surface area contributed by atoms with E-state index < -0.39 is 12.5 Å². The van der Waals surface area contributed by atoms with Gasteiger partial charge >= 0.3 is 0 Å². The van der Waals surface area contributed by atoms with Gasteiger partial charge in [-0.3, -0.25) is 0 Å². The number of aliphatic hydroxyl groups excluding tert-OH is 1. The fourth-order valence-electron chi connectivity index (χ4n) is 1.53. The van der Waals surface area contributed by atoms with Crippen molar-refractivity contribution >= 4 is 22.5 Å². The smallest absolute Gasteiger partial charge is 0.268 e. The molecule has 1 aromatic heterocycles. The van der Waals surface area contributed by atoms with Crippen molar-refractivity contribution in [3.8, 4) is 0 Å². The summed E-state index contributed by atoms with van der Waals surface area (Å²) >= 11 is 5.88. The molecule has 80 valence electrons. The molecule has 0 aliphatic heterocycles. The van der Waals surface area contributed by atoms with Crippen molar-refractivity contribution in [2.24, 2.45) is 0 Å². The number of fused-ring (bicyclic) bond motifs is 1. The molecule has 0 saturated heterocycles. The zero-order valence-corrected chi connectivity index (χ0v) is 8.30. The van der Waals surface area contributed by atoms with Crippen molar-refractivity contribution in [3.05, 3.63) is 35.0 Å². The van der Waals surface area contributed by atoms with E-state index in [1.54, 1.807) is 18.2 Å². The van der Waals surface area contributed by atoms with Crippen LogP contribution in [-0.4, -0.2) is 16.5 Å². The van der Waals surface area contributed by atoms with E-state index in [2.05, 4.69) is 4.98 Å². The first kappa shape index (κ1) is 10.4. The minimum absolute atomic E-state index is 0.130. The van der Waals surface area contributed by atoms with Crippen molar-refractivity contribution in [2.45, 2.75) is 12.5 Å². The quantitative estimate of drug-likeness (QED) is 0.819. The van der Waals surface area contributed by atoms with Gasteiger partial charge in [0.1, 0.15) is 6.10 Å². The van der Waals surface area contributed by atoms with Gasteiger partial charge in [0.25, 0.3) is 6.43 Å². The molecule has 2 N–H and O–H groups in total. The molecule has 0 aliphatic carbocycles. The van der Waals surface area contributed by atoms with Gasteiger partial charge in [0, 0.05) is 22.7 Å². The summed E-state index contributed by atoms with van der Waals surface area (Å²) in [5, 5.41) is 10.1. The first-order chi connectivity index (χ1) is 7.11. The lowest BCUT2D eigenvalue weighted by Gasteiger charge is -2.08. The Morgan fingerprint density at radius 3 is 2.73 bits per heavy atom. The summed E-state index contributed by atoms with van der Waals surface area (Å²) in [6.07, 6.45) is -3.27. The fraction of sp³-hybridized carbons (Fsp3) is 0.200. The van der Waals surface area contributed by atoms with Gasteiger partial charge in [-0.1, -0.05) is 17.7 Å². The molecule has 1 aromatic carbocycles. The molecule has 0 fully saturated rings. The molecule has 0 spiro atoms. The second-order valence-electron chi connectivity index (χ2n) is 3.19. The molecule has 2 aromatic rings. The Kier molecular flexibility index (Phi) is 2.63. The van der Waals surface area contributed by atoms with E-state index in [0.29, 0.717) is 15.9 Å². The average Bonchev–Trinajstić information content (AvgIpc) is 2.61. The van der Waals surface area contributed by atoms with Crippen LogP contribution in [0.25, 0.3) is 10.9 Å². The summed E-state index contributed by atoms with van der Waals surface area (Å²) in [7, 11) is 0. The van der Waals surface area contributed by atoms with E-state index in [1.165, 1.54) is 6.20 Å². The van der Waals surface area contributed by atoms with Crippen LogP contribution in [0.1, 0.15) is 11.7 Å². The molecule has 0 aliphatic rings. The minimum atomic E-state index is -2.82. The highest BCUT2D eigenvalue weighted by Crippen LogP contribution is 2.32. The Bertz CT molecular complexity index is 483. The number of rotatable bonds is 2. The van der Waals surface area contributed by atoms with E-state index in [1.807, 2.05) is 0 Å². The monoisotopic (exact) mass is 231 g/mol. The number of H-pyrrole nitrogens is 1. The molecular weight excluding hydrogens is 224 g/mol. The van der Waals surface area contributed by atoms with Gasteiger partial charge in [-0.2, -0.15) is 0 Å².